The number of carboxylic acids is 1. The summed E-state index contributed by atoms with van der Waals surface area (Å²) >= 11 is 1.56. The number of carbonyl (C=O) groups is 1. The van der Waals surface area contributed by atoms with Gasteiger partial charge in [0.25, 0.3) is 0 Å². The molecule has 2 N–H and O–H groups in total. The highest BCUT2D eigenvalue weighted by Crippen LogP contribution is 2.39. The van der Waals surface area contributed by atoms with E-state index in [0.29, 0.717) is 12.2 Å². The highest BCUT2D eigenvalue weighted by Gasteiger charge is 2.23. The van der Waals surface area contributed by atoms with E-state index in [2.05, 4.69) is 0 Å². The number of aliphatic hydroxyl groups is 1. The van der Waals surface area contributed by atoms with Crippen LogP contribution in [-0.2, 0) is 0 Å². The zero-order valence-electron chi connectivity index (χ0n) is 8.77. The van der Waals surface area contributed by atoms with Crippen LogP contribution in [0.2, 0.25) is 0 Å². The summed E-state index contributed by atoms with van der Waals surface area (Å²) in [6, 6.07) is 3.19. The first-order valence-corrected chi connectivity index (χ1v) is 5.88. The van der Waals surface area contributed by atoms with Gasteiger partial charge in [-0.1, -0.05) is 0 Å². The summed E-state index contributed by atoms with van der Waals surface area (Å²) in [5.74, 6) is 0.0904. The Balaban J connectivity index is 2.55. The van der Waals surface area contributed by atoms with Gasteiger partial charge >= 0.3 is 5.97 Å². The topological polar surface area (TPSA) is 66.8 Å². The van der Waals surface area contributed by atoms with E-state index in [4.69, 9.17) is 9.84 Å². The van der Waals surface area contributed by atoms with Gasteiger partial charge in [0, 0.05) is 10.6 Å². The number of rotatable bonds is 2. The fourth-order valence-electron chi connectivity index (χ4n) is 1.73. The van der Waals surface area contributed by atoms with Crippen molar-refractivity contribution in [3.63, 3.8) is 0 Å². The van der Waals surface area contributed by atoms with Gasteiger partial charge in [-0.25, -0.2) is 4.79 Å². The molecule has 0 bridgehead atoms. The number of benzene rings is 1. The highest BCUT2D eigenvalue weighted by atomic mass is 32.2. The molecule has 0 unspecified atom stereocenters. The minimum atomic E-state index is -1.01. The summed E-state index contributed by atoms with van der Waals surface area (Å²) in [5, 5.41) is 18.8. The van der Waals surface area contributed by atoms with Crippen molar-refractivity contribution in [3.8, 4) is 5.75 Å². The summed E-state index contributed by atoms with van der Waals surface area (Å²) in [6.07, 6.45) is 0.167. The molecule has 1 atom stereocenters. The molecule has 0 saturated heterocycles. The molecule has 1 aromatic carbocycles. The van der Waals surface area contributed by atoms with Crippen LogP contribution in [0.5, 0.6) is 5.75 Å². The van der Waals surface area contributed by atoms with Gasteiger partial charge in [-0.3, -0.25) is 0 Å². The number of fused-ring (bicyclic) bond motifs is 1. The summed E-state index contributed by atoms with van der Waals surface area (Å²) in [4.78, 5) is 11.8. The first-order valence-electron chi connectivity index (χ1n) is 4.89. The molecule has 1 aliphatic rings. The molecular weight excluding hydrogens is 228 g/mol. The first-order chi connectivity index (χ1) is 7.63. The minimum absolute atomic E-state index is 0.142. The number of carboxylic acid groups (broad SMARTS) is 1. The lowest BCUT2D eigenvalue weighted by molar-refractivity contribution is 0.0692. The van der Waals surface area contributed by atoms with Crippen molar-refractivity contribution < 1.29 is 19.7 Å². The van der Waals surface area contributed by atoms with Crippen LogP contribution in [0.4, 0.5) is 0 Å². The van der Waals surface area contributed by atoms with Gasteiger partial charge in [0.2, 0.25) is 0 Å². The molecule has 1 aromatic rings. The second kappa shape index (κ2) is 4.35. The number of aromatic carboxylic acids is 1. The van der Waals surface area contributed by atoms with E-state index in [1.54, 1.807) is 23.9 Å². The molecule has 16 heavy (non-hydrogen) atoms. The number of methoxy groups -OCH3 is 1. The molecule has 1 heterocycles. The molecular formula is C11H12O4S. The largest absolute Gasteiger partial charge is 0.496 e. The minimum Gasteiger partial charge on any atom is -0.496 e. The maximum atomic E-state index is 11.0. The maximum Gasteiger partial charge on any atom is 0.339 e. The third-order valence-corrected chi connectivity index (χ3v) is 3.67. The number of thioether (sulfide) groups is 1. The van der Waals surface area contributed by atoms with Crippen molar-refractivity contribution in [1.82, 2.24) is 0 Å². The van der Waals surface area contributed by atoms with E-state index in [1.807, 2.05) is 0 Å². The molecule has 4 nitrogen and oxygen atoms in total. The Kier molecular flexibility index (Phi) is 3.07. The molecule has 1 aliphatic heterocycles. The molecule has 0 saturated carbocycles. The van der Waals surface area contributed by atoms with E-state index >= 15 is 0 Å². The van der Waals surface area contributed by atoms with Gasteiger partial charge in [0.15, 0.2) is 0 Å². The quantitative estimate of drug-likeness (QED) is 0.826. The van der Waals surface area contributed by atoms with Crippen LogP contribution in [0.25, 0.3) is 0 Å². The number of ether oxygens (including phenoxy) is 1. The second-order valence-electron chi connectivity index (χ2n) is 3.55. The summed E-state index contributed by atoms with van der Waals surface area (Å²) in [5.41, 5.74) is 0.904. The molecule has 0 fully saturated rings. The average Bonchev–Trinajstić information content (AvgIpc) is 2.28. The molecule has 0 radical (unpaired) electrons. The van der Waals surface area contributed by atoms with Crippen molar-refractivity contribution in [1.29, 1.82) is 0 Å². The summed E-state index contributed by atoms with van der Waals surface area (Å²) in [7, 11) is 1.43. The monoisotopic (exact) mass is 240 g/mol. The van der Waals surface area contributed by atoms with E-state index < -0.39 is 12.1 Å². The lowest BCUT2D eigenvalue weighted by atomic mass is 10.0. The zero-order chi connectivity index (χ0) is 11.7. The van der Waals surface area contributed by atoms with Crippen molar-refractivity contribution >= 4 is 17.7 Å². The summed E-state index contributed by atoms with van der Waals surface area (Å²) < 4.78 is 5.02. The van der Waals surface area contributed by atoms with Crippen LogP contribution in [-0.4, -0.2) is 29.0 Å². The molecule has 5 heteroatoms. The SMILES string of the molecule is COc1cc2c(cc1C(=O)O)SCC[C@H]2O. The predicted molar refractivity (Wildman–Crippen MR) is 60.3 cm³/mol. The van der Waals surface area contributed by atoms with Crippen molar-refractivity contribution in [2.24, 2.45) is 0 Å². The Labute approximate surface area is 97.2 Å². The van der Waals surface area contributed by atoms with Gasteiger partial charge in [-0.15, -0.1) is 11.8 Å². The molecule has 0 aliphatic carbocycles. The van der Waals surface area contributed by atoms with Crippen LogP contribution in [0.1, 0.15) is 28.4 Å². The molecule has 0 aromatic heterocycles. The Morgan fingerprint density at radius 2 is 2.31 bits per heavy atom. The van der Waals surface area contributed by atoms with Crippen molar-refractivity contribution in [3.05, 3.63) is 23.3 Å². The number of aliphatic hydroxyl groups excluding tert-OH is 1. The fourth-order valence-corrected chi connectivity index (χ4v) is 2.86. The van der Waals surface area contributed by atoms with Gasteiger partial charge in [-0.2, -0.15) is 0 Å². The fraction of sp³-hybridized carbons (Fsp3) is 0.364. The smallest absolute Gasteiger partial charge is 0.339 e. The van der Waals surface area contributed by atoms with Gasteiger partial charge < -0.3 is 14.9 Å². The molecule has 86 valence electrons. The average molecular weight is 240 g/mol. The molecule has 0 amide bonds. The Hall–Kier alpha value is -1.20. The van der Waals surface area contributed by atoms with Crippen LogP contribution >= 0.6 is 11.8 Å². The Morgan fingerprint density at radius 3 is 2.94 bits per heavy atom. The molecule has 0 spiro atoms. The van der Waals surface area contributed by atoms with Crippen molar-refractivity contribution in [2.75, 3.05) is 12.9 Å². The van der Waals surface area contributed by atoms with Crippen LogP contribution in [0.15, 0.2) is 17.0 Å². The third-order valence-electron chi connectivity index (χ3n) is 2.57. The van der Waals surface area contributed by atoms with Crippen LogP contribution in [0, 0.1) is 0 Å². The zero-order valence-corrected chi connectivity index (χ0v) is 9.58. The highest BCUT2D eigenvalue weighted by molar-refractivity contribution is 7.99. The van der Waals surface area contributed by atoms with Crippen molar-refractivity contribution in [2.45, 2.75) is 17.4 Å². The summed E-state index contributed by atoms with van der Waals surface area (Å²) in [6.45, 7) is 0. The normalized spacial score (nSPS) is 19.0. The predicted octanol–water partition coefficient (Wildman–Crippen LogP) is 1.92. The van der Waals surface area contributed by atoms with Gasteiger partial charge in [-0.05, 0) is 24.1 Å². The van der Waals surface area contributed by atoms with E-state index in [9.17, 15) is 9.90 Å². The van der Waals surface area contributed by atoms with E-state index in [0.717, 1.165) is 16.2 Å². The maximum absolute atomic E-state index is 11.0. The standard InChI is InChI=1S/C11H12O4S/c1-15-9-4-6-8(12)2-3-16-10(6)5-7(9)11(13)14/h4-5,8,12H,2-3H2,1H3,(H,13,14)/t8-/m1/s1. The number of hydrogen-bond acceptors (Lipinski definition) is 4. The third kappa shape index (κ3) is 1.88. The molecule has 2 rings (SSSR count). The Bertz CT molecular complexity index is 430. The lowest BCUT2D eigenvalue weighted by Gasteiger charge is -2.22. The Morgan fingerprint density at radius 1 is 1.56 bits per heavy atom. The van der Waals surface area contributed by atoms with Gasteiger partial charge in [0.1, 0.15) is 11.3 Å². The van der Waals surface area contributed by atoms with E-state index in [-0.39, 0.29) is 5.56 Å². The van der Waals surface area contributed by atoms with E-state index in [1.165, 1.54) is 7.11 Å². The van der Waals surface area contributed by atoms with Gasteiger partial charge in [0.05, 0.1) is 13.2 Å². The first kappa shape index (κ1) is 11.3. The number of hydrogen-bond donors (Lipinski definition) is 2. The van der Waals surface area contributed by atoms with Crippen LogP contribution in [0.3, 0.4) is 0 Å². The van der Waals surface area contributed by atoms with Crippen LogP contribution < -0.4 is 4.74 Å². The second-order valence-corrected chi connectivity index (χ2v) is 4.69. The lowest BCUT2D eigenvalue weighted by Crippen LogP contribution is -2.09.